The summed E-state index contributed by atoms with van der Waals surface area (Å²) in [6.45, 7) is 1.43. The van der Waals surface area contributed by atoms with Crippen LogP contribution < -0.4 is 5.32 Å². The lowest BCUT2D eigenvalue weighted by atomic mass is 10.1. The van der Waals surface area contributed by atoms with E-state index in [1.54, 1.807) is 0 Å². The standard InChI is InChI=1S/C17H17NO2S/c1-13(19)18-16(12-14-8-4-2-5-9-14)17(20)21-15-10-6-3-7-11-15/h2-11,16H,12H2,1H3,(H,18,19)/t16-/m0/s1. The Balaban J connectivity index is 2.08. The summed E-state index contributed by atoms with van der Waals surface area (Å²) >= 11 is 1.16. The minimum atomic E-state index is -0.518. The number of nitrogens with one attached hydrogen (secondary N) is 1. The van der Waals surface area contributed by atoms with Gasteiger partial charge >= 0.3 is 0 Å². The zero-order chi connectivity index (χ0) is 15.1. The minimum Gasteiger partial charge on any atom is -0.345 e. The van der Waals surface area contributed by atoms with Gasteiger partial charge in [0.05, 0.1) is 0 Å². The third-order valence-corrected chi connectivity index (χ3v) is 3.90. The Morgan fingerprint density at radius 2 is 1.57 bits per heavy atom. The molecule has 0 aliphatic carbocycles. The summed E-state index contributed by atoms with van der Waals surface area (Å²) in [7, 11) is 0. The quantitative estimate of drug-likeness (QED) is 0.863. The van der Waals surface area contributed by atoms with Gasteiger partial charge in [-0.2, -0.15) is 0 Å². The molecule has 0 spiro atoms. The van der Waals surface area contributed by atoms with Crippen molar-refractivity contribution in [1.82, 2.24) is 5.32 Å². The Labute approximate surface area is 128 Å². The van der Waals surface area contributed by atoms with Crippen molar-refractivity contribution >= 4 is 22.8 Å². The SMILES string of the molecule is CC(=O)N[C@@H](Cc1ccccc1)C(=O)Sc1ccccc1. The van der Waals surface area contributed by atoms with E-state index in [9.17, 15) is 9.59 Å². The lowest BCUT2D eigenvalue weighted by molar-refractivity contribution is -0.123. The molecule has 108 valence electrons. The van der Waals surface area contributed by atoms with E-state index >= 15 is 0 Å². The van der Waals surface area contributed by atoms with Gasteiger partial charge in [0, 0.05) is 18.2 Å². The summed E-state index contributed by atoms with van der Waals surface area (Å²) in [4.78, 5) is 24.6. The first-order valence-electron chi connectivity index (χ1n) is 6.73. The van der Waals surface area contributed by atoms with E-state index in [0.717, 1.165) is 22.2 Å². The average molecular weight is 299 g/mol. The number of benzene rings is 2. The monoisotopic (exact) mass is 299 g/mol. The molecule has 0 bridgehead atoms. The predicted octanol–water partition coefficient (Wildman–Crippen LogP) is 3.05. The number of hydrogen-bond acceptors (Lipinski definition) is 3. The fraction of sp³-hybridized carbons (Fsp3) is 0.176. The van der Waals surface area contributed by atoms with Gasteiger partial charge in [-0.15, -0.1) is 0 Å². The van der Waals surface area contributed by atoms with Gasteiger partial charge in [0.15, 0.2) is 0 Å². The molecule has 0 fully saturated rings. The van der Waals surface area contributed by atoms with Crippen LogP contribution in [0.1, 0.15) is 12.5 Å². The summed E-state index contributed by atoms with van der Waals surface area (Å²) in [5, 5.41) is 2.68. The van der Waals surface area contributed by atoms with E-state index in [4.69, 9.17) is 0 Å². The first kappa shape index (κ1) is 15.3. The lowest BCUT2D eigenvalue weighted by Crippen LogP contribution is -2.40. The summed E-state index contributed by atoms with van der Waals surface area (Å²) in [6, 6.07) is 18.6. The highest BCUT2D eigenvalue weighted by atomic mass is 32.2. The van der Waals surface area contributed by atoms with Gasteiger partial charge in [-0.3, -0.25) is 9.59 Å². The summed E-state index contributed by atoms with van der Waals surface area (Å²) < 4.78 is 0. The molecule has 1 atom stereocenters. The number of carbonyl (C=O) groups excluding carboxylic acids is 2. The highest BCUT2D eigenvalue weighted by molar-refractivity contribution is 8.13. The maximum absolute atomic E-state index is 12.4. The molecular formula is C17H17NO2S. The zero-order valence-electron chi connectivity index (χ0n) is 11.8. The van der Waals surface area contributed by atoms with Crippen LogP contribution in [0.15, 0.2) is 65.6 Å². The van der Waals surface area contributed by atoms with E-state index in [2.05, 4.69) is 5.32 Å². The van der Waals surface area contributed by atoms with Crippen molar-refractivity contribution < 1.29 is 9.59 Å². The van der Waals surface area contributed by atoms with Gasteiger partial charge in [0.25, 0.3) is 0 Å². The molecule has 1 amide bonds. The molecule has 0 unspecified atom stereocenters. The zero-order valence-corrected chi connectivity index (χ0v) is 12.6. The first-order chi connectivity index (χ1) is 10.1. The fourth-order valence-electron chi connectivity index (χ4n) is 1.96. The molecule has 1 N–H and O–H groups in total. The summed E-state index contributed by atoms with van der Waals surface area (Å²) in [5.41, 5.74) is 1.03. The van der Waals surface area contributed by atoms with Crippen LogP contribution in [0.4, 0.5) is 0 Å². The predicted molar refractivity (Wildman–Crippen MR) is 85.1 cm³/mol. The molecule has 0 saturated heterocycles. The first-order valence-corrected chi connectivity index (χ1v) is 7.54. The average Bonchev–Trinajstić information content (AvgIpc) is 2.48. The van der Waals surface area contributed by atoms with Crippen LogP contribution in [0.3, 0.4) is 0 Å². The molecule has 0 heterocycles. The summed E-state index contributed by atoms with van der Waals surface area (Å²) in [5.74, 6) is -0.196. The molecule has 0 radical (unpaired) electrons. The minimum absolute atomic E-state index is 0.0553. The Hall–Kier alpha value is -2.07. The molecule has 3 nitrogen and oxygen atoms in total. The van der Waals surface area contributed by atoms with E-state index in [0.29, 0.717) is 6.42 Å². The Kier molecular flexibility index (Phi) is 5.58. The molecule has 21 heavy (non-hydrogen) atoms. The second kappa shape index (κ2) is 7.64. The van der Waals surface area contributed by atoms with E-state index in [-0.39, 0.29) is 11.0 Å². The Morgan fingerprint density at radius 1 is 1.00 bits per heavy atom. The molecule has 0 saturated carbocycles. The third kappa shape index (κ3) is 5.08. The molecule has 4 heteroatoms. The van der Waals surface area contributed by atoms with Crippen LogP contribution in [0.5, 0.6) is 0 Å². The Bertz CT molecular complexity index is 599. The van der Waals surface area contributed by atoms with E-state index in [1.807, 2.05) is 60.7 Å². The maximum Gasteiger partial charge on any atom is 0.217 e. The molecule has 2 rings (SSSR count). The number of amides is 1. The number of carbonyl (C=O) groups is 2. The molecule has 0 aliphatic rings. The highest BCUT2D eigenvalue weighted by Gasteiger charge is 2.20. The highest BCUT2D eigenvalue weighted by Crippen LogP contribution is 2.21. The largest absolute Gasteiger partial charge is 0.345 e. The van der Waals surface area contributed by atoms with Crippen LogP contribution in [0, 0.1) is 0 Å². The van der Waals surface area contributed by atoms with Gasteiger partial charge in [0.2, 0.25) is 11.0 Å². The van der Waals surface area contributed by atoms with Crippen molar-refractivity contribution in [1.29, 1.82) is 0 Å². The van der Waals surface area contributed by atoms with Crippen molar-refractivity contribution in [3.05, 3.63) is 66.2 Å². The van der Waals surface area contributed by atoms with Crippen molar-refractivity contribution in [2.45, 2.75) is 24.3 Å². The van der Waals surface area contributed by atoms with Gasteiger partial charge in [-0.25, -0.2) is 0 Å². The summed E-state index contributed by atoms with van der Waals surface area (Å²) in [6.07, 6.45) is 0.499. The fourth-order valence-corrected chi connectivity index (χ4v) is 2.77. The number of thioether (sulfide) groups is 1. The van der Waals surface area contributed by atoms with Gasteiger partial charge in [-0.05, 0) is 29.5 Å². The second-order valence-corrected chi connectivity index (χ2v) is 5.75. The van der Waals surface area contributed by atoms with Crippen LogP contribution in [-0.4, -0.2) is 17.1 Å². The topological polar surface area (TPSA) is 46.2 Å². The van der Waals surface area contributed by atoms with Crippen LogP contribution >= 0.6 is 11.8 Å². The second-order valence-electron chi connectivity index (χ2n) is 4.68. The smallest absolute Gasteiger partial charge is 0.217 e. The van der Waals surface area contributed by atoms with Crippen LogP contribution in [0.2, 0.25) is 0 Å². The van der Waals surface area contributed by atoms with Crippen molar-refractivity contribution in [2.24, 2.45) is 0 Å². The number of hydrogen-bond donors (Lipinski definition) is 1. The molecule has 0 aromatic heterocycles. The van der Waals surface area contributed by atoms with Crippen LogP contribution in [-0.2, 0) is 16.0 Å². The Morgan fingerprint density at radius 3 is 2.14 bits per heavy atom. The molecule has 0 aliphatic heterocycles. The molecular weight excluding hydrogens is 282 g/mol. The van der Waals surface area contributed by atoms with Gasteiger partial charge in [-0.1, -0.05) is 48.5 Å². The van der Waals surface area contributed by atoms with Crippen molar-refractivity contribution in [2.75, 3.05) is 0 Å². The van der Waals surface area contributed by atoms with E-state index < -0.39 is 6.04 Å². The molecule has 2 aromatic rings. The van der Waals surface area contributed by atoms with Gasteiger partial charge in [0.1, 0.15) is 6.04 Å². The lowest BCUT2D eigenvalue weighted by Gasteiger charge is -2.16. The van der Waals surface area contributed by atoms with E-state index in [1.165, 1.54) is 6.92 Å². The van der Waals surface area contributed by atoms with Gasteiger partial charge < -0.3 is 5.32 Å². The van der Waals surface area contributed by atoms with Crippen molar-refractivity contribution in [3.63, 3.8) is 0 Å². The van der Waals surface area contributed by atoms with Crippen LogP contribution in [0.25, 0.3) is 0 Å². The maximum atomic E-state index is 12.4. The third-order valence-electron chi connectivity index (χ3n) is 2.91. The molecule has 2 aromatic carbocycles. The number of rotatable bonds is 5. The normalized spacial score (nSPS) is 11.7. The van der Waals surface area contributed by atoms with Crippen molar-refractivity contribution in [3.8, 4) is 0 Å².